The Morgan fingerprint density at radius 2 is 2.00 bits per heavy atom. The number of rotatable bonds is 4. The summed E-state index contributed by atoms with van der Waals surface area (Å²) in [5, 5.41) is 14.2. The molecule has 0 unspecified atom stereocenters. The van der Waals surface area contributed by atoms with Crippen molar-refractivity contribution in [3.63, 3.8) is 0 Å². The summed E-state index contributed by atoms with van der Waals surface area (Å²) in [5.41, 5.74) is 0.194. The molecule has 0 heterocycles. The highest BCUT2D eigenvalue weighted by molar-refractivity contribution is 5.90. The molecule has 6 heteroatoms. The molecular formula is C15H19FN2O3. The molecule has 2 rings (SSSR count). The van der Waals surface area contributed by atoms with Crippen LogP contribution >= 0.6 is 0 Å². The first kappa shape index (κ1) is 15.3. The average molecular weight is 294 g/mol. The predicted molar refractivity (Wildman–Crippen MR) is 76.7 cm³/mol. The lowest BCUT2D eigenvalue weighted by Gasteiger charge is -2.28. The molecule has 1 aliphatic rings. The van der Waals surface area contributed by atoms with Crippen molar-refractivity contribution in [2.24, 2.45) is 0 Å². The molecule has 1 saturated carbocycles. The number of halogens is 1. The zero-order chi connectivity index (χ0) is 15.5. The number of urea groups is 1. The van der Waals surface area contributed by atoms with Crippen LogP contribution in [0.5, 0.6) is 0 Å². The molecule has 2 amide bonds. The van der Waals surface area contributed by atoms with E-state index in [0.29, 0.717) is 12.8 Å². The van der Waals surface area contributed by atoms with E-state index in [-0.39, 0.29) is 12.1 Å². The molecule has 21 heavy (non-hydrogen) atoms. The molecule has 1 aliphatic carbocycles. The zero-order valence-corrected chi connectivity index (χ0v) is 11.9. The third kappa shape index (κ3) is 3.93. The smallest absolute Gasteiger partial charge is 0.319 e. The van der Waals surface area contributed by atoms with E-state index in [2.05, 4.69) is 10.6 Å². The Morgan fingerprint density at radius 1 is 1.33 bits per heavy atom. The van der Waals surface area contributed by atoms with Crippen LogP contribution < -0.4 is 10.6 Å². The summed E-state index contributed by atoms with van der Waals surface area (Å²) in [7, 11) is 0. The van der Waals surface area contributed by atoms with Gasteiger partial charge in [0.1, 0.15) is 5.82 Å². The van der Waals surface area contributed by atoms with Crippen molar-refractivity contribution < 1.29 is 19.1 Å². The summed E-state index contributed by atoms with van der Waals surface area (Å²) in [6, 6.07) is 3.87. The number of carbonyl (C=O) groups excluding carboxylic acids is 1. The lowest BCUT2D eigenvalue weighted by Crippen LogP contribution is -2.49. The second-order valence-corrected chi connectivity index (χ2v) is 5.62. The fourth-order valence-corrected chi connectivity index (χ4v) is 2.82. The van der Waals surface area contributed by atoms with Crippen LogP contribution in [0.1, 0.15) is 37.7 Å². The SMILES string of the molecule is Cc1ccc(F)c(NC(=O)NC2(CC(=O)O)CCCC2)c1. The van der Waals surface area contributed by atoms with Crippen LogP contribution in [0, 0.1) is 12.7 Å². The van der Waals surface area contributed by atoms with Gasteiger partial charge in [-0.05, 0) is 37.5 Å². The fourth-order valence-electron chi connectivity index (χ4n) is 2.82. The number of carboxylic acid groups (broad SMARTS) is 1. The maximum atomic E-state index is 13.6. The van der Waals surface area contributed by atoms with Crippen molar-refractivity contribution in [3.8, 4) is 0 Å². The Kier molecular flexibility index (Phi) is 4.45. The van der Waals surface area contributed by atoms with Crippen LogP contribution in [0.3, 0.4) is 0 Å². The first-order valence-corrected chi connectivity index (χ1v) is 6.97. The number of carboxylic acids is 1. The van der Waals surface area contributed by atoms with Gasteiger partial charge in [0.05, 0.1) is 17.6 Å². The average Bonchev–Trinajstić information content (AvgIpc) is 2.80. The molecule has 0 bridgehead atoms. The third-order valence-electron chi connectivity index (χ3n) is 3.80. The number of aryl methyl sites for hydroxylation is 1. The molecule has 0 saturated heterocycles. The maximum absolute atomic E-state index is 13.6. The normalized spacial score (nSPS) is 16.5. The third-order valence-corrected chi connectivity index (χ3v) is 3.80. The van der Waals surface area contributed by atoms with Gasteiger partial charge in [-0.15, -0.1) is 0 Å². The fraction of sp³-hybridized carbons (Fsp3) is 0.467. The van der Waals surface area contributed by atoms with Gasteiger partial charge in [-0.25, -0.2) is 9.18 Å². The van der Waals surface area contributed by atoms with E-state index < -0.39 is 23.4 Å². The molecule has 1 fully saturated rings. The molecule has 0 atom stereocenters. The Labute approximate surface area is 122 Å². The highest BCUT2D eigenvalue weighted by Crippen LogP contribution is 2.32. The predicted octanol–water partition coefficient (Wildman–Crippen LogP) is 3.04. The number of hydrogen-bond acceptors (Lipinski definition) is 2. The largest absolute Gasteiger partial charge is 0.481 e. The molecule has 0 radical (unpaired) electrons. The maximum Gasteiger partial charge on any atom is 0.319 e. The summed E-state index contributed by atoms with van der Waals surface area (Å²) in [5.74, 6) is -1.46. The van der Waals surface area contributed by atoms with Crippen molar-refractivity contribution in [2.45, 2.75) is 44.6 Å². The van der Waals surface area contributed by atoms with E-state index in [0.717, 1.165) is 18.4 Å². The van der Waals surface area contributed by atoms with Gasteiger partial charge in [0.2, 0.25) is 0 Å². The Hall–Kier alpha value is -2.11. The highest BCUT2D eigenvalue weighted by atomic mass is 19.1. The summed E-state index contributed by atoms with van der Waals surface area (Å²) >= 11 is 0. The first-order chi connectivity index (χ1) is 9.90. The molecule has 114 valence electrons. The van der Waals surface area contributed by atoms with Crippen molar-refractivity contribution in [1.29, 1.82) is 0 Å². The first-order valence-electron chi connectivity index (χ1n) is 6.97. The van der Waals surface area contributed by atoms with E-state index >= 15 is 0 Å². The minimum atomic E-state index is -0.945. The van der Waals surface area contributed by atoms with Gasteiger partial charge in [-0.1, -0.05) is 18.9 Å². The molecule has 1 aromatic rings. The summed E-state index contributed by atoms with van der Waals surface area (Å²) in [6.07, 6.45) is 2.90. The Balaban J connectivity index is 2.06. The van der Waals surface area contributed by atoms with Gasteiger partial charge in [0, 0.05) is 0 Å². The van der Waals surface area contributed by atoms with Crippen LogP contribution in [0.25, 0.3) is 0 Å². The molecule has 0 aromatic heterocycles. The zero-order valence-electron chi connectivity index (χ0n) is 11.9. The molecule has 3 N–H and O–H groups in total. The number of benzene rings is 1. The van der Waals surface area contributed by atoms with E-state index in [1.807, 2.05) is 0 Å². The molecule has 0 spiro atoms. The summed E-state index contributed by atoms with van der Waals surface area (Å²) in [4.78, 5) is 23.0. The minimum absolute atomic E-state index is 0.0935. The van der Waals surface area contributed by atoms with E-state index in [4.69, 9.17) is 5.11 Å². The minimum Gasteiger partial charge on any atom is -0.481 e. The monoisotopic (exact) mass is 294 g/mol. The van der Waals surface area contributed by atoms with Gasteiger partial charge >= 0.3 is 12.0 Å². The lowest BCUT2D eigenvalue weighted by atomic mass is 9.93. The number of carbonyl (C=O) groups is 2. The lowest BCUT2D eigenvalue weighted by molar-refractivity contribution is -0.138. The topological polar surface area (TPSA) is 78.4 Å². The summed E-state index contributed by atoms with van der Waals surface area (Å²) in [6.45, 7) is 1.80. The van der Waals surface area contributed by atoms with Gasteiger partial charge in [0.25, 0.3) is 0 Å². The van der Waals surface area contributed by atoms with Gasteiger partial charge in [-0.2, -0.15) is 0 Å². The number of anilines is 1. The van der Waals surface area contributed by atoms with Crippen molar-refractivity contribution in [1.82, 2.24) is 5.32 Å². The van der Waals surface area contributed by atoms with Gasteiger partial charge in [-0.3, -0.25) is 4.79 Å². The van der Waals surface area contributed by atoms with Crippen molar-refractivity contribution >= 4 is 17.7 Å². The molecular weight excluding hydrogens is 275 g/mol. The van der Waals surface area contributed by atoms with Gasteiger partial charge < -0.3 is 15.7 Å². The van der Waals surface area contributed by atoms with Crippen LogP contribution in [0.4, 0.5) is 14.9 Å². The van der Waals surface area contributed by atoms with Crippen LogP contribution in [-0.4, -0.2) is 22.6 Å². The van der Waals surface area contributed by atoms with E-state index in [1.54, 1.807) is 13.0 Å². The number of hydrogen-bond donors (Lipinski definition) is 3. The van der Waals surface area contributed by atoms with Crippen molar-refractivity contribution in [3.05, 3.63) is 29.6 Å². The van der Waals surface area contributed by atoms with Crippen LogP contribution in [-0.2, 0) is 4.79 Å². The number of aliphatic carboxylic acids is 1. The summed E-state index contributed by atoms with van der Waals surface area (Å²) < 4.78 is 13.6. The Bertz CT molecular complexity index is 554. The second-order valence-electron chi connectivity index (χ2n) is 5.62. The van der Waals surface area contributed by atoms with E-state index in [9.17, 15) is 14.0 Å². The van der Waals surface area contributed by atoms with Crippen LogP contribution in [0.2, 0.25) is 0 Å². The second kappa shape index (κ2) is 6.11. The molecule has 0 aliphatic heterocycles. The number of amides is 2. The van der Waals surface area contributed by atoms with Gasteiger partial charge in [0.15, 0.2) is 0 Å². The molecule has 1 aromatic carbocycles. The highest BCUT2D eigenvalue weighted by Gasteiger charge is 2.37. The Morgan fingerprint density at radius 3 is 2.62 bits per heavy atom. The van der Waals surface area contributed by atoms with Crippen molar-refractivity contribution in [2.75, 3.05) is 5.32 Å². The quantitative estimate of drug-likeness (QED) is 0.798. The molecule has 5 nitrogen and oxygen atoms in total. The van der Waals surface area contributed by atoms with Crippen LogP contribution in [0.15, 0.2) is 18.2 Å². The van der Waals surface area contributed by atoms with E-state index in [1.165, 1.54) is 12.1 Å². The number of nitrogens with one attached hydrogen (secondary N) is 2. The standard InChI is InChI=1S/C15H19FN2O3/c1-10-4-5-11(16)12(8-10)17-14(21)18-15(9-13(19)20)6-2-3-7-15/h4-5,8H,2-3,6-7,9H2,1H3,(H,19,20)(H2,17,18,21).